The lowest BCUT2D eigenvalue weighted by molar-refractivity contribution is 0.0389. The topological polar surface area (TPSA) is 26.3 Å². The van der Waals surface area contributed by atoms with E-state index in [1.807, 2.05) is 0 Å². The van der Waals surface area contributed by atoms with Gasteiger partial charge in [-0.3, -0.25) is 4.79 Å². The number of ether oxygens (including phenoxy) is 1. The zero-order chi connectivity index (χ0) is 12.8. The second kappa shape index (κ2) is 6.91. The molecule has 0 amide bonds. The van der Waals surface area contributed by atoms with Gasteiger partial charge in [0, 0.05) is 10.6 Å². The Balaban J connectivity index is 1.82. The molecule has 18 heavy (non-hydrogen) atoms. The first-order valence-corrected chi connectivity index (χ1v) is 7.04. The van der Waals surface area contributed by atoms with Crippen molar-refractivity contribution in [2.75, 3.05) is 6.61 Å². The number of Topliss-reactive ketones (excluding diaryl/α,β-unsaturated/α-hetero) is 1. The molecule has 1 aromatic rings. The van der Waals surface area contributed by atoms with Crippen LogP contribution in [0.5, 0.6) is 0 Å². The lowest BCUT2D eigenvalue weighted by atomic mass is 10.1. The Morgan fingerprint density at radius 1 is 1.11 bits per heavy atom. The minimum atomic E-state index is 0.0379. The molecule has 0 aromatic heterocycles. The van der Waals surface area contributed by atoms with Crippen LogP contribution in [0.15, 0.2) is 24.3 Å². The lowest BCUT2D eigenvalue weighted by Gasteiger charge is -2.14. The van der Waals surface area contributed by atoms with Gasteiger partial charge in [0.25, 0.3) is 0 Å². The molecule has 3 heteroatoms. The summed E-state index contributed by atoms with van der Waals surface area (Å²) in [7, 11) is 0. The fraction of sp³-hybridized carbons (Fsp3) is 0.533. The van der Waals surface area contributed by atoms with Crippen molar-refractivity contribution in [2.45, 2.75) is 44.6 Å². The summed E-state index contributed by atoms with van der Waals surface area (Å²) in [6.07, 6.45) is 7.49. The molecule has 0 saturated heterocycles. The molecule has 1 aromatic carbocycles. The molecule has 98 valence electrons. The number of benzene rings is 1. The third kappa shape index (κ3) is 4.11. The Hall–Kier alpha value is -0.860. The van der Waals surface area contributed by atoms with E-state index in [2.05, 4.69) is 0 Å². The van der Waals surface area contributed by atoms with Crippen LogP contribution in [0.25, 0.3) is 0 Å². The summed E-state index contributed by atoms with van der Waals surface area (Å²) in [5, 5.41) is 0.649. The second-order valence-electron chi connectivity index (χ2n) is 4.85. The Bertz CT molecular complexity index is 378. The molecule has 2 rings (SSSR count). The number of halogens is 1. The van der Waals surface area contributed by atoms with E-state index in [4.69, 9.17) is 16.3 Å². The van der Waals surface area contributed by atoms with E-state index in [1.54, 1.807) is 24.3 Å². The van der Waals surface area contributed by atoms with Gasteiger partial charge in [-0.05, 0) is 37.1 Å². The number of ketones is 1. The maximum Gasteiger partial charge on any atom is 0.188 e. The summed E-state index contributed by atoms with van der Waals surface area (Å²) in [4.78, 5) is 11.9. The fourth-order valence-corrected chi connectivity index (χ4v) is 2.45. The molecule has 0 heterocycles. The van der Waals surface area contributed by atoms with Gasteiger partial charge in [-0.25, -0.2) is 0 Å². The summed E-state index contributed by atoms with van der Waals surface area (Å²) < 4.78 is 5.73. The molecule has 0 bridgehead atoms. The molecule has 0 radical (unpaired) electrons. The predicted molar refractivity (Wildman–Crippen MR) is 73.2 cm³/mol. The first kappa shape index (κ1) is 13.6. The highest BCUT2D eigenvalue weighted by Gasteiger charge is 2.14. The highest BCUT2D eigenvalue weighted by atomic mass is 35.5. The lowest BCUT2D eigenvalue weighted by Crippen LogP contribution is -2.18. The fourth-order valence-electron chi connectivity index (χ4n) is 2.32. The van der Waals surface area contributed by atoms with Gasteiger partial charge >= 0.3 is 0 Å². The van der Waals surface area contributed by atoms with Crippen LogP contribution in [0.3, 0.4) is 0 Å². The van der Waals surface area contributed by atoms with E-state index in [0.29, 0.717) is 10.6 Å². The third-order valence-electron chi connectivity index (χ3n) is 3.42. The summed E-state index contributed by atoms with van der Waals surface area (Å²) in [6.45, 7) is 0.187. The van der Waals surface area contributed by atoms with Crippen LogP contribution < -0.4 is 0 Å². The average Bonchev–Trinajstić information content (AvgIpc) is 2.65. The van der Waals surface area contributed by atoms with Crippen molar-refractivity contribution in [3.8, 4) is 0 Å². The standard InChI is InChI=1S/C15H19ClO2/c16-13-9-7-12(8-10-13)15(17)11-18-14-5-3-1-2-4-6-14/h7-10,14H,1-6,11H2. The minimum absolute atomic E-state index is 0.0379. The van der Waals surface area contributed by atoms with Gasteiger partial charge in [0.15, 0.2) is 5.78 Å². The van der Waals surface area contributed by atoms with Gasteiger partial charge < -0.3 is 4.74 Å². The zero-order valence-electron chi connectivity index (χ0n) is 10.5. The van der Waals surface area contributed by atoms with Gasteiger partial charge in [-0.2, -0.15) is 0 Å². The van der Waals surface area contributed by atoms with Crippen LogP contribution in [0.4, 0.5) is 0 Å². The molecule has 0 atom stereocenters. The Morgan fingerprint density at radius 3 is 2.33 bits per heavy atom. The smallest absolute Gasteiger partial charge is 0.188 e. The maximum absolute atomic E-state index is 11.9. The largest absolute Gasteiger partial charge is 0.370 e. The Kier molecular flexibility index (Phi) is 5.21. The third-order valence-corrected chi connectivity index (χ3v) is 3.67. The molecule has 1 aliphatic carbocycles. The molecular weight excluding hydrogens is 248 g/mol. The van der Waals surface area contributed by atoms with Crippen molar-refractivity contribution in [1.82, 2.24) is 0 Å². The monoisotopic (exact) mass is 266 g/mol. The molecule has 0 spiro atoms. The Labute approximate surface area is 113 Å². The van der Waals surface area contributed by atoms with Crippen LogP contribution in [-0.2, 0) is 4.74 Å². The maximum atomic E-state index is 11.9. The molecule has 1 aliphatic rings. The summed E-state index contributed by atoms with van der Waals surface area (Å²) in [6, 6.07) is 6.98. The molecule has 0 aliphatic heterocycles. The van der Waals surface area contributed by atoms with Gasteiger partial charge in [-0.15, -0.1) is 0 Å². The van der Waals surface area contributed by atoms with Gasteiger partial charge in [-0.1, -0.05) is 37.3 Å². The molecule has 0 unspecified atom stereocenters. The first-order valence-electron chi connectivity index (χ1n) is 6.66. The van der Waals surface area contributed by atoms with Crippen molar-refractivity contribution in [3.63, 3.8) is 0 Å². The van der Waals surface area contributed by atoms with Gasteiger partial charge in [0.2, 0.25) is 0 Å². The van der Waals surface area contributed by atoms with Crippen LogP contribution in [0, 0.1) is 0 Å². The van der Waals surface area contributed by atoms with Crippen molar-refractivity contribution >= 4 is 17.4 Å². The summed E-state index contributed by atoms with van der Waals surface area (Å²) >= 11 is 5.79. The molecule has 1 fully saturated rings. The van der Waals surface area contributed by atoms with Gasteiger partial charge in [0.1, 0.15) is 6.61 Å². The van der Waals surface area contributed by atoms with Crippen LogP contribution in [0.2, 0.25) is 5.02 Å². The van der Waals surface area contributed by atoms with Crippen LogP contribution in [-0.4, -0.2) is 18.5 Å². The molecule has 2 nitrogen and oxygen atoms in total. The van der Waals surface area contributed by atoms with Crippen LogP contribution in [0.1, 0.15) is 48.9 Å². The predicted octanol–water partition coefficient (Wildman–Crippen LogP) is 4.26. The minimum Gasteiger partial charge on any atom is -0.370 e. The SMILES string of the molecule is O=C(COC1CCCCCC1)c1ccc(Cl)cc1. The van der Waals surface area contributed by atoms with Gasteiger partial charge in [0.05, 0.1) is 6.10 Å². The van der Waals surface area contributed by atoms with Crippen molar-refractivity contribution in [1.29, 1.82) is 0 Å². The zero-order valence-corrected chi connectivity index (χ0v) is 11.3. The van der Waals surface area contributed by atoms with E-state index in [0.717, 1.165) is 12.8 Å². The number of hydrogen-bond acceptors (Lipinski definition) is 2. The van der Waals surface area contributed by atoms with Crippen molar-refractivity contribution < 1.29 is 9.53 Å². The molecule has 1 saturated carbocycles. The van der Waals surface area contributed by atoms with E-state index in [1.165, 1.54) is 25.7 Å². The van der Waals surface area contributed by atoms with E-state index in [-0.39, 0.29) is 18.5 Å². The van der Waals surface area contributed by atoms with E-state index in [9.17, 15) is 4.79 Å². The Morgan fingerprint density at radius 2 is 1.72 bits per heavy atom. The summed E-state index contributed by atoms with van der Waals surface area (Å²) in [5.74, 6) is 0.0379. The number of rotatable bonds is 4. The van der Waals surface area contributed by atoms with E-state index >= 15 is 0 Å². The highest BCUT2D eigenvalue weighted by Crippen LogP contribution is 2.20. The van der Waals surface area contributed by atoms with Crippen LogP contribution >= 0.6 is 11.6 Å². The second-order valence-corrected chi connectivity index (χ2v) is 5.29. The van der Waals surface area contributed by atoms with E-state index < -0.39 is 0 Å². The normalized spacial score (nSPS) is 17.4. The van der Waals surface area contributed by atoms with Crippen molar-refractivity contribution in [2.24, 2.45) is 0 Å². The molecular formula is C15H19ClO2. The quantitative estimate of drug-likeness (QED) is 0.601. The van der Waals surface area contributed by atoms with Crippen molar-refractivity contribution in [3.05, 3.63) is 34.9 Å². The number of carbonyl (C=O) groups is 1. The number of carbonyl (C=O) groups excluding carboxylic acids is 1. The highest BCUT2D eigenvalue weighted by molar-refractivity contribution is 6.30. The molecule has 0 N–H and O–H groups in total. The average molecular weight is 267 g/mol. The summed E-state index contributed by atoms with van der Waals surface area (Å²) in [5.41, 5.74) is 0.674. The first-order chi connectivity index (χ1) is 8.75. The number of hydrogen-bond donors (Lipinski definition) is 0.